The summed E-state index contributed by atoms with van der Waals surface area (Å²) in [4.78, 5) is 0. The van der Waals surface area contributed by atoms with Gasteiger partial charge in [0.05, 0.1) is 0 Å². The highest BCUT2D eigenvalue weighted by molar-refractivity contribution is 14.1. The third-order valence-electron chi connectivity index (χ3n) is 1.30. The maximum Gasteiger partial charge on any atom is 0.0136 e. The molecule has 0 aromatic heterocycles. The molecule has 58 valence electrons. The van der Waals surface area contributed by atoms with E-state index in [1.807, 2.05) is 18.2 Å². The molecule has 0 saturated carbocycles. The molecule has 0 saturated heterocycles. The maximum absolute atomic E-state index is 5.33. The Kier molecular flexibility index (Phi) is 3.59. The minimum absolute atomic E-state index is 0.603. The molecule has 1 rings (SSSR count). The van der Waals surface area contributed by atoms with Crippen LogP contribution in [0.1, 0.15) is 5.56 Å². The molecule has 2 N–H and O–H groups in total. The van der Waals surface area contributed by atoms with Crippen molar-refractivity contribution in [3.8, 4) is 0 Å². The molecule has 2 heteroatoms. The summed E-state index contributed by atoms with van der Waals surface area (Å²) < 4.78 is 1.25. The molecule has 0 aliphatic carbocycles. The lowest BCUT2D eigenvalue weighted by Crippen LogP contribution is -1.91. The number of nitrogens with two attached hydrogens (primary N) is 1. The van der Waals surface area contributed by atoms with Gasteiger partial charge in [-0.25, -0.2) is 0 Å². The minimum atomic E-state index is 0.603. The van der Waals surface area contributed by atoms with Gasteiger partial charge in [0.15, 0.2) is 0 Å². The van der Waals surface area contributed by atoms with E-state index in [2.05, 4.69) is 40.8 Å². The summed E-state index contributed by atoms with van der Waals surface area (Å²) >= 11 is 2.29. The van der Waals surface area contributed by atoms with Crippen LogP contribution in [0.15, 0.2) is 30.3 Å². The van der Waals surface area contributed by atoms with Crippen molar-refractivity contribution in [1.29, 1.82) is 0 Å². The lowest BCUT2D eigenvalue weighted by atomic mass is 10.2. The van der Waals surface area contributed by atoms with Crippen LogP contribution in [0.4, 0.5) is 0 Å². The van der Waals surface area contributed by atoms with Gasteiger partial charge in [-0.15, -0.1) is 0 Å². The van der Waals surface area contributed by atoms with E-state index in [0.29, 0.717) is 6.54 Å². The Morgan fingerprint density at radius 3 is 2.91 bits per heavy atom. The first-order chi connectivity index (χ1) is 5.33. The summed E-state index contributed by atoms with van der Waals surface area (Å²) in [5.41, 5.74) is 6.54. The van der Waals surface area contributed by atoms with Crippen molar-refractivity contribution in [1.82, 2.24) is 0 Å². The van der Waals surface area contributed by atoms with Crippen molar-refractivity contribution in [3.05, 3.63) is 39.5 Å². The van der Waals surface area contributed by atoms with Crippen LogP contribution >= 0.6 is 22.6 Å². The molecule has 1 nitrogen and oxygen atoms in total. The van der Waals surface area contributed by atoms with Crippen LogP contribution in [-0.4, -0.2) is 6.54 Å². The van der Waals surface area contributed by atoms with Gasteiger partial charge in [-0.05, 0) is 40.3 Å². The van der Waals surface area contributed by atoms with Crippen molar-refractivity contribution >= 4 is 28.7 Å². The predicted molar refractivity (Wildman–Crippen MR) is 57.2 cm³/mol. The van der Waals surface area contributed by atoms with E-state index in [9.17, 15) is 0 Å². The summed E-state index contributed by atoms with van der Waals surface area (Å²) in [5, 5.41) is 0. The highest BCUT2D eigenvalue weighted by atomic mass is 127. The fraction of sp³-hybridized carbons (Fsp3) is 0.111. The summed E-state index contributed by atoms with van der Waals surface area (Å²) in [7, 11) is 0. The smallest absolute Gasteiger partial charge is 0.0136 e. The zero-order valence-electron chi connectivity index (χ0n) is 6.13. The zero-order valence-corrected chi connectivity index (χ0v) is 8.28. The Balaban J connectivity index is 2.79. The van der Waals surface area contributed by atoms with Crippen molar-refractivity contribution in [2.24, 2.45) is 5.73 Å². The van der Waals surface area contributed by atoms with Gasteiger partial charge in [0.1, 0.15) is 0 Å². The normalized spacial score (nSPS) is 10.7. The number of rotatable bonds is 2. The van der Waals surface area contributed by atoms with Crippen molar-refractivity contribution < 1.29 is 0 Å². The van der Waals surface area contributed by atoms with Gasteiger partial charge >= 0.3 is 0 Å². The first-order valence-electron chi connectivity index (χ1n) is 3.45. The van der Waals surface area contributed by atoms with Gasteiger partial charge in [-0.3, -0.25) is 0 Å². The van der Waals surface area contributed by atoms with Gasteiger partial charge in [0.25, 0.3) is 0 Å². The Morgan fingerprint density at radius 1 is 1.45 bits per heavy atom. The fourth-order valence-corrected chi connectivity index (χ4v) is 1.38. The van der Waals surface area contributed by atoms with E-state index in [0.717, 1.165) is 0 Å². The van der Waals surface area contributed by atoms with E-state index in [1.54, 1.807) is 0 Å². The molecule has 0 atom stereocenters. The van der Waals surface area contributed by atoms with Crippen LogP contribution in [-0.2, 0) is 0 Å². The molecule has 0 amide bonds. The molecule has 11 heavy (non-hydrogen) atoms. The Bertz CT molecular complexity index is 255. The second kappa shape index (κ2) is 4.51. The summed E-state index contributed by atoms with van der Waals surface area (Å²) in [6, 6.07) is 8.29. The molecule has 1 aromatic rings. The Morgan fingerprint density at radius 2 is 2.27 bits per heavy atom. The summed E-state index contributed by atoms with van der Waals surface area (Å²) in [5.74, 6) is 0. The molecule has 0 bridgehead atoms. The average molecular weight is 259 g/mol. The Labute approximate surface area is 80.4 Å². The molecule has 0 unspecified atom stereocenters. The summed E-state index contributed by atoms with van der Waals surface area (Å²) in [6.07, 6.45) is 3.98. The largest absolute Gasteiger partial charge is 0.327 e. The van der Waals surface area contributed by atoms with Gasteiger partial charge in [-0.1, -0.05) is 24.3 Å². The lowest BCUT2D eigenvalue weighted by Gasteiger charge is -1.92. The second-order valence-electron chi connectivity index (χ2n) is 2.19. The van der Waals surface area contributed by atoms with E-state index >= 15 is 0 Å². The maximum atomic E-state index is 5.33. The molecule has 0 radical (unpaired) electrons. The van der Waals surface area contributed by atoms with E-state index < -0.39 is 0 Å². The number of halogens is 1. The highest BCUT2D eigenvalue weighted by Gasteiger charge is 1.86. The number of hydrogen-bond donors (Lipinski definition) is 1. The van der Waals surface area contributed by atoms with Gasteiger partial charge < -0.3 is 5.73 Å². The lowest BCUT2D eigenvalue weighted by molar-refractivity contribution is 1.26. The van der Waals surface area contributed by atoms with Crippen LogP contribution in [0.2, 0.25) is 0 Å². The second-order valence-corrected chi connectivity index (χ2v) is 3.44. The van der Waals surface area contributed by atoms with E-state index in [1.165, 1.54) is 9.13 Å². The fourth-order valence-electron chi connectivity index (χ4n) is 0.814. The molecule has 0 heterocycles. The zero-order chi connectivity index (χ0) is 8.10. The van der Waals surface area contributed by atoms with Crippen molar-refractivity contribution in [3.63, 3.8) is 0 Å². The standard InChI is InChI=1S/C9H10IN/c10-9-5-1-3-8(7-9)4-2-6-11/h1-5,7H,6,11H2. The molecule has 0 fully saturated rings. The third kappa shape index (κ3) is 3.03. The number of benzene rings is 1. The molecule has 0 aliphatic rings. The monoisotopic (exact) mass is 259 g/mol. The van der Waals surface area contributed by atoms with Crippen LogP contribution in [0.5, 0.6) is 0 Å². The van der Waals surface area contributed by atoms with Crippen LogP contribution in [0.25, 0.3) is 6.08 Å². The van der Waals surface area contributed by atoms with E-state index in [-0.39, 0.29) is 0 Å². The molecule has 1 aromatic carbocycles. The Hall–Kier alpha value is -0.350. The number of hydrogen-bond acceptors (Lipinski definition) is 1. The van der Waals surface area contributed by atoms with Gasteiger partial charge in [0.2, 0.25) is 0 Å². The van der Waals surface area contributed by atoms with E-state index in [4.69, 9.17) is 5.73 Å². The SMILES string of the molecule is NCC=Cc1cccc(I)c1. The third-order valence-corrected chi connectivity index (χ3v) is 1.97. The predicted octanol–water partition coefficient (Wildman–Crippen LogP) is 2.26. The molecular formula is C9H10IN. The quantitative estimate of drug-likeness (QED) is 0.810. The minimum Gasteiger partial charge on any atom is -0.327 e. The van der Waals surface area contributed by atoms with Gasteiger partial charge in [0, 0.05) is 10.1 Å². The first-order valence-corrected chi connectivity index (χ1v) is 4.53. The van der Waals surface area contributed by atoms with Gasteiger partial charge in [-0.2, -0.15) is 0 Å². The van der Waals surface area contributed by atoms with Crippen LogP contribution < -0.4 is 5.73 Å². The summed E-state index contributed by atoms with van der Waals surface area (Å²) in [6.45, 7) is 0.603. The van der Waals surface area contributed by atoms with Crippen molar-refractivity contribution in [2.45, 2.75) is 0 Å². The highest BCUT2D eigenvalue weighted by Crippen LogP contribution is 2.08. The first kappa shape index (κ1) is 8.74. The van der Waals surface area contributed by atoms with Crippen molar-refractivity contribution in [2.75, 3.05) is 6.54 Å². The topological polar surface area (TPSA) is 26.0 Å². The van der Waals surface area contributed by atoms with Crippen LogP contribution in [0.3, 0.4) is 0 Å². The molecule has 0 spiro atoms. The molecular weight excluding hydrogens is 249 g/mol. The average Bonchev–Trinajstić information content (AvgIpc) is 2.01. The van der Waals surface area contributed by atoms with Crippen LogP contribution in [0, 0.1) is 3.57 Å². The molecule has 0 aliphatic heterocycles.